The molecule has 0 amide bonds. The van der Waals surface area contributed by atoms with Gasteiger partial charge in [0.2, 0.25) is 0 Å². The van der Waals surface area contributed by atoms with Crippen LogP contribution in [0.3, 0.4) is 0 Å². The highest BCUT2D eigenvalue weighted by Crippen LogP contribution is 2.45. The first-order valence-electron chi connectivity index (χ1n) is 22.3. The molecule has 0 radical (unpaired) electrons. The first-order valence-corrected chi connectivity index (χ1v) is 13.3. The Morgan fingerprint density at radius 3 is 1.56 bits per heavy atom. The summed E-state index contributed by atoms with van der Waals surface area (Å²) in [4.78, 5) is 0. The molecule has 200 valence electrons. The van der Waals surface area contributed by atoms with Crippen molar-refractivity contribution in [1.82, 2.24) is 0 Å². The zero-order valence-corrected chi connectivity index (χ0v) is 22.0. The van der Waals surface area contributed by atoms with Gasteiger partial charge in [-0.25, -0.2) is 0 Å². The van der Waals surface area contributed by atoms with E-state index in [4.69, 9.17) is 22.2 Å². The van der Waals surface area contributed by atoms with Gasteiger partial charge in [-0.1, -0.05) is 127 Å². The van der Waals surface area contributed by atoms with Crippen molar-refractivity contribution in [3.8, 4) is 33.4 Å². The average molecular weight is 565 g/mol. The largest absolute Gasteiger partial charge is 0.456 e. The normalized spacial score (nSPS) is 17.6. The number of rotatable bonds is 3. The Morgan fingerprint density at radius 1 is 0.372 bits per heavy atom. The van der Waals surface area contributed by atoms with Gasteiger partial charge in [0.15, 0.2) is 0 Å². The number of furan rings is 1. The molecule has 1 aromatic heterocycles. The van der Waals surface area contributed by atoms with Crippen LogP contribution < -0.4 is 0 Å². The molecule has 43 heavy (non-hydrogen) atoms. The molecule has 0 spiro atoms. The Hall–Kier alpha value is -5.66. The molecule has 0 fully saturated rings. The van der Waals surface area contributed by atoms with Crippen LogP contribution in [0.25, 0.3) is 87.6 Å². The molecule has 1 heterocycles. The summed E-state index contributed by atoms with van der Waals surface area (Å²) in [6.45, 7) is 0. The number of benzene rings is 8. The molecule has 8 aromatic carbocycles. The maximum atomic E-state index is 9.57. The first-order chi connectivity index (χ1) is 28.8. The van der Waals surface area contributed by atoms with Gasteiger partial charge in [-0.2, -0.15) is 0 Å². The minimum Gasteiger partial charge on any atom is -0.456 e. The van der Waals surface area contributed by atoms with Crippen LogP contribution in [0.5, 0.6) is 0 Å². The van der Waals surface area contributed by atoms with Crippen LogP contribution in [0, 0.1) is 0 Å². The SMILES string of the molecule is [2H]c1c([2H])c([2H])c(-c2c([2H])c([2H])c3c([2H])c(-c4c5ccccc5c(-c5c([2H])c([2H])c6c(oc7c([2H])c([2H])c([2H])c([2H])c76)c5[2H])c5ccccc45)c([2H])c([2H])c3c2[2H])c([2H])c1[2H]. The van der Waals surface area contributed by atoms with Gasteiger partial charge in [0.05, 0.1) is 24.7 Å². The third-order valence-corrected chi connectivity index (χ3v) is 7.44. The fraction of sp³-hybridized carbons (Fsp3) is 0. The van der Waals surface area contributed by atoms with E-state index in [9.17, 15) is 6.85 Å². The second-order valence-corrected chi connectivity index (χ2v) is 9.85. The lowest BCUT2D eigenvalue weighted by Crippen LogP contribution is -1.91. The highest BCUT2D eigenvalue weighted by Gasteiger charge is 2.18. The molecule has 9 rings (SSSR count). The molecule has 0 aliphatic rings. The molecule has 0 saturated carbocycles. The molecule has 0 aliphatic heterocycles. The van der Waals surface area contributed by atoms with E-state index in [1.54, 1.807) is 48.5 Å². The molecule has 0 atom stereocenters. The van der Waals surface area contributed by atoms with E-state index in [-0.39, 0.29) is 55.6 Å². The smallest absolute Gasteiger partial charge is 0.136 e. The summed E-state index contributed by atoms with van der Waals surface area (Å²) < 4.78 is 164. The fourth-order valence-electron chi connectivity index (χ4n) is 5.59. The molecule has 0 aliphatic carbocycles. The van der Waals surface area contributed by atoms with Gasteiger partial charge in [-0.3, -0.25) is 0 Å². The van der Waals surface area contributed by atoms with E-state index in [1.165, 1.54) is 0 Å². The Bertz CT molecular complexity index is 3430. The maximum Gasteiger partial charge on any atom is 0.136 e. The van der Waals surface area contributed by atoms with Crippen LogP contribution in [-0.4, -0.2) is 0 Å². The first kappa shape index (κ1) is 12.3. The van der Waals surface area contributed by atoms with Gasteiger partial charge in [-0.05, 0) is 95.9 Å². The summed E-state index contributed by atoms with van der Waals surface area (Å²) in [6.07, 6.45) is 0. The van der Waals surface area contributed by atoms with Crippen LogP contribution in [-0.2, 0) is 0 Å². The van der Waals surface area contributed by atoms with Gasteiger partial charge in [0.25, 0.3) is 0 Å². The third kappa shape index (κ3) is 3.79. The number of hydrogen-bond acceptors (Lipinski definition) is 1. The summed E-state index contributed by atoms with van der Waals surface area (Å²) in [5, 5.41) is 0.515. The Labute approximate surface area is 274 Å². The molecule has 0 bridgehead atoms. The second kappa shape index (κ2) is 9.44. The van der Waals surface area contributed by atoms with Crippen molar-refractivity contribution in [2.75, 3.05) is 0 Å². The second-order valence-electron chi connectivity index (χ2n) is 9.85. The maximum absolute atomic E-state index is 9.57. The van der Waals surface area contributed by atoms with E-state index in [2.05, 4.69) is 0 Å². The van der Waals surface area contributed by atoms with Crippen molar-refractivity contribution >= 4 is 54.3 Å². The van der Waals surface area contributed by atoms with Gasteiger partial charge in [-0.15, -0.1) is 0 Å². The molecule has 0 unspecified atom stereocenters. The molecule has 9 aromatic rings. The Morgan fingerprint density at radius 2 is 0.884 bits per heavy atom. The lowest BCUT2D eigenvalue weighted by atomic mass is 9.85. The van der Waals surface area contributed by atoms with Crippen LogP contribution in [0.1, 0.15) is 24.7 Å². The van der Waals surface area contributed by atoms with Crippen LogP contribution >= 0.6 is 0 Å². The molecule has 1 nitrogen and oxygen atoms in total. The molecule has 0 saturated heterocycles. The summed E-state index contributed by atoms with van der Waals surface area (Å²) in [6, 6.07) is 2.76. The van der Waals surface area contributed by atoms with Crippen molar-refractivity contribution in [3.63, 3.8) is 0 Å². The van der Waals surface area contributed by atoms with E-state index in [0.717, 1.165) is 0 Å². The number of para-hydroxylation sites is 1. The van der Waals surface area contributed by atoms with E-state index in [0.29, 0.717) is 21.5 Å². The fourth-order valence-corrected chi connectivity index (χ4v) is 5.59. The summed E-state index contributed by atoms with van der Waals surface area (Å²) in [5.41, 5.74) is -1.20. The van der Waals surface area contributed by atoms with Crippen molar-refractivity contribution in [2.45, 2.75) is 0 Å². The average Bonchev–Trinajstić information content (AvgIpc) is 3.66. The molecule has 0 N–H and O–H groups in total. The standard InChI is InChI=1S/C42H26O/c1-2-10-27(11-3-1)28-18-19-30-25-31(21-20-29(30)24-28)41-35-13-4-6-15-37(35)42(38-16-7-5-14-36(38)41)32-22-23-34-33-12-8-9-17-39(33)43-40(34)26-32/h1-26H/i1D,2D,3D,8D,9D,10D,11D,12D,17D,18D,19D,20D,21D,22D,23D,24D,25D,26D. The molecule has 1 heteroatoms. The Balaban J connectivity index is 1.40. The summed E-state index contributed by atoms with van der Waals surface area (Å²) in [7, 11) is 0. The van der Waals surface area contributed by atoms with E-state index < -0.39 is 119 Å². The topological polar surface area (TPSA) is 13.1 Å². The van der Waals surface area contributed by atoms with Crippen molar-refractivity contribution in [2.24, 2.45) is 0 Å². The van der Waals surface area contributed by atoms with E-state index >= 15 is 0 Å². The zero-order chi connectivity index (χ0) is 44.0. The summed E-state index contributed by atoms with van der Waals surface area (Å²) in [5.74, 6) is 0. The third-order valence-electron chi connectivity index (χ3n) is 7.44. The Kier molecular flexibility index (Phi) is 2.70. The summed E-state index contributed by atoms with van der Waals surface area (Å²) >= 11 is 0. The van der Waals surface area contributed by atoms with E-state index in [1.807, 2.05) is 0 Å². The van der Waals surface area contributed by atoms with Crippen LogP contribution in [0.2, 0.25) is 0 Å². The van der Waals surface area contributed by atoms with Crippen molar-refractivity contribution in [1.29, 1.82) is 0 Å². The zero-order valence-electron chi connectivity index (χ0n) is 40.0. The van der Waals surface area contributed by atoms with Crippen molar-refractivity contribution < 1.29 is 29.1 Å². The highest BCUT2D eigenvalue weighted by molar-refractivity contribution is 6.22. The lowest BCUT2D eigenvalue weighted by molar-refractivity contribution is 0.669. The van der Waals surface area contributed by atoms with Crippen LogP contribution in [0.15, 0.2) is 162 Å². The van der Waals surface area contributed by atoms with Gasteiger partial charge < -0.3 is 4.42 Å². The van der Waals surface area contributed by atoms with Crippen LogP contribution in [0.4, 0.5) is 0 Å². The number of hydrogen-bond donors (Lipinski definition) is 0. The number of fused-ring (bicyclic) bond motifs is 6. The van der Waals surface area contributed by atoms with Crippen molar-refractivity contribution in [3.05, 3.63) is 157 Å². The predicted octanol–water partition coefficient (Wildman–Crippen LogP) is 12.0. The quantitative estimate of drug-likeness (QED) is 0.195. The predicted molar refractivity (Wildman–Crippen MR) is 183 cm³/mol. The minimum atomic E-state index is -0.728. The van der Waals surface area contributed by atoms with Gasteiger partial charge in [0.1, 0.15) is 11.2 Å². The molecular weight excluding hydrogens is 520 g/mol. The van der Waals surface area contributed by atoms with Gasteiger partial charge in [0, 0.05) is 10.8 Å². The minimum absolute atomic E-state index is 0.0611. The monoisotopic (exact) mass is 564 g/mol. The lowest BCUT2D eigenvalue weighted by Gasteiger charge is -2.18. The van der Waals surface area contributed by atoms with Gasteiger partial charge >= 0.3 is 0 Å². The molecular formula is C42H26O. The highest BCUT2D eigenvalue weighted by atomic mass is 16.3.